The van der Waals surface area contributed by atoms with Gasteiger partial charge in [-0.25, -0.2) is 4.79 Å². The predicted octanol–water partition coefficient (Wildman–Crippen LogP) is 6.02. The number of carbonyl (C=O) groups is 1. The van der Waals surface area contributed by atoms with Crippen molar-refractivity contribution >= 4 is 29.0 Å². The maximum absolute atomic E-state index is 11.9. The first kappa shape index (κ1) is 18.8. The Morgan fingerprint density at radius 1 is 0.931 bits per heavy atom. The van der Waals surface area contributed by atoms with Gasteiger partial charge in [0.1, 0.15) is 0 Å². The fraction of sp³-hybridized carbons (Fsp3) is 0.115. The topological polar surface area (TPSA) is 42.1 Å². The van der Waals surface area contributed by atoms with E-state index >= 15 is 0 Å². The van der Waals surface area contributed by atoms with E-state index in [9.17, 15) is 4.79 Å². The van der Waals surface area contributed by atoms with Gasteiger partial charge in [-0.3, -0.25) is 0 Å². The zero-order valence-electron chi connectivity index (χ0n) is 16.6. The molecule has 0 bridgehead atoms. The van der Waals surface area contributed by atoms with Gasteiger partial charge in [0.05, 0.1) is 12.7 Å². The van der Waals surface area contributed by atoms with Crippen LogP contribution in [0, 0.1) is 6.92 Å². The predicted molar refractivity (Wildman–Crippen MR) is 119 cm³/mol. The molecule has 0 aliphatic heterocycles. The minimum absolute atomic E-state index is 0.314. The van der Waals surface area contributed by atoms with Gasteiger partial charge in [-0.05, 0) is 53.8 Å². The summed E-state index contributed by atoms with van der Waals surface area (Å²) < 4.78 is 4.86. The third-order valence-corrected chi connectivity index (χ3v) is 5.17. The normalized spacial score (nSPS) is 11.2. The van der Waals surface area contributed by atoms with Crippen LogP contribution in [0.3, 0.4) is 0 Å². The molecule has 0 aliphatic rings. The quantitative estimate of drug-likeness (QED) is 0.339. The summed E-state index contributed by atoms with van der Waals surface area (Å²) in [5, 5.41) is 1.07. The zero-order chi connectivity index (χ0) is 20.2. The number of aromatic nitrogens is 1. The van der Waals surface area contributed by atoms with E-state index in [0.717, 1.165) is 23.0 Å². The van der Waals surface area contributed by atoms with Gasteiger partial charge in [0.2, 0.25) is 0 Å². The van der Waals surface area contributed by atoms with E-state index < -0.39 is 0 Å². The Labute approximate surface area is 170 Å². The molecular weight excluding hydrogens is 358 g/mol. The molecular formula is C26H23NO2. The Balaban J connectivity index is 1.57. The van der Waals surface area contributed by atoms with E-state index in [2.05, 4.69) is 60.5 Å². The van der Waals surface area contributed by atoms with E-state index in [4.69, 9.17) is 4.74 Å². The highest BCUT2D eigenvalue weighted by atomic mass is 16.5. The molecule has 29 heavy (non-hydrogen) atoms. The second-order valence-electron chi connectivity index (χ2n) is 7.14. The summed E-state index contributed by atoms with van der Waals surface area (Å²) in [6, 6.07) is 24.5. The molecule has 3 aromatic carbocycles. The maximum Gasteiger partial charge on any atom is 0.337 e. The molecule has 3 nitrogen and oxygen atoms in total. The van der Waals surface area contributed by atoms with Crippen molar-refractivity contribution in [2.45, 2.75) is 13.3 Å². The Morgan fingerprint density at radius 3 is 2.31 bits per heavy atom. The second-order valence-corrected chi connectivity index (χ2v) is 7.14. The fourth-order valence-corrected chi connectivity index (χ4v) is 3.56. The summed E-state index contributed by atoms with van der Waals surface area (Å²) in [6.07, 6.45) is 5.05. The van der Waals surface area contributed by atoms with Crippen LogP contribution in [0.25, 0.3) is 23.1 Å². The van der Waals surface area contributed by atoms with Gasteiger partial charge < -0.3 is 9.72 Å². The van der Waals surface area contributed by atoms with E-state index in [0.29, 0.717) is 5.56 Å². The molecule has 3 heteroatoms. The SMILES string of the molecule is COC(=O)c1ccc2[nH]c(C)c(Cc3ccc(C=Cc4ccccc4)cc3)c2c1. The molecule has 1 heterocycles. The number of hydrogen-bond acceptors (Lipinski definition) is 2. The van der Waals surface area contributed by atoms with Crippen LogP contribution in [-0.4, -0.2) is 18.1 Å². The number of aryl methyl sites for hydroxylation is 1. The summed E-state index contributed by atoms with van der Waals surface area (Å²) in [7, 11) is 1.41. The van der Waals surface area contributed by atoms with Crippen molar-refractivity contribution in [3.63, 3.8) is 0 Å². The summed E-state index contributed by atoms with van der Waals surface area (Å²) in [5.74, 6) is -0.314. The third kappa shape index (κ3) is 4.14. The van der Waals surface area contributed by atoms with E-state index in [1.54, 1.807) is 6.07 Å². The molecule has 0 unspecified atom stereocenters. The number of methoxy groups -OCH3 is 1. The van der Waals surface area contributed by atoms with Gasteiger partial charge in [-0.15, -0.1) is 0 Å². The van der Waals surface area contributed by atoms with Gasteiger partial charge >= 0.3 is 5.97 Å². The molecule has 0 fully saturated rings. The van der Waals surface area contributed by atoms with Crippen LogP contribution in [0.5, 0.6) is 0 Å². The molecule has 0 saturated carbocycles. The molecule has 0 amide bonds. The molecule has 4 aromatic rings. The monoisotopic (exact) mass is 381 g/mol. The summed E-state index contributed by atoms with van der Waals surface area (Å²) in [6.45, 7) is 2.07. The van der Waals surface area contributed by atoms with Crippen molar-refractivity contribution < 1.29 is 9.53 Å². The average molecular weight is 381 g/mol. The summed E-state index contributed by atoms with van der Waals surface area (Å²) in [5.41, 5.74) is 7.52. The Hall–Kier alpha value is -3.59. The smallest absolute Gasteiger partial charge is 0.337 e. The highest BCUT2D eigenvalue weighted by Crippen LogP contribution is 2.26. The fourth-order valence-electron chi connectivity index (χ4n) is 3.56. The highest BCUT2D eigenvalue weighted by molar-refractivity contribution is 5.96. The van der Waals surface area contributed by atoms with Crippen LogP contribution in [0.4, 0.5) is 0 Å². The highest BCUT2D eigenvalue weighted by Gasteiger charge is 2.13. The number of esters is 1. The molecule has 0 radical (unpaired) electrons. The van der Waals surface area contributed by atoms with Gasteiger partial charge in [0.25, 0.3) is 0 Å². The molecule has 0 atom stereocenters. The number of carbonyl (C=O) groups excluding carboxylic acids is 1. The van der Waals surface area contributed by atoms with Crippen molar-refractivity contribution in [3.8, 4) is 0 Å². The van der Waals surface area contributed by atoms with Gasteiger partial charge in [0.15, 0.2) is 0 Å². The van der Waals surface area contributed by atoms with Gasteiger partial charge in [-0.2, -0.15) is 0 Å². The van der Waals surface area contributed by atoms with E-state index in [1.165, 1.54) is 29.4 Å². The number of benzene rings is 3. The Bertz CT molecular complexity index is 1170. The maximum atomic E-state index is 11.9. The molecule has 4 rings (SSSR count). The third-order valence-electron chi connectivity index (χ3n) is 5.17. The van der Waals surface area contributed by atoms with Crippen LogP contribution in [-0.2, 0) is 11.2 Å². The minimum atomic E-state index is -0.314. The van der Waals surface area contributed by atoms with Crippen LogP contribution >= 0.6 is 0 Å². The van der Waals surface area contributed by atoms with Crippen LogP contribution in [0.2, 0.25) is 0 Å². The van der Waals surface area contributed by atoms with Crippen molar-refractivity contribution in [2.24, 2.45) is 0 Å². The summed E-state index contributed by atoms with van der Waals surface area (Å²) in [4.78, 5) is 15.3. The van der Waals surface area contributed by atoms with Crippen LogP contribution in [0.1, 0.15) is 38.3 Å². The van der Waals surface area contributed by atoms with Crippen molar-refractivity contribution in [3.05, 3.63) is 106 Å². The number of H-pyrrole nitrogens is 1. The Kier molecular flexibility index (Phi) is 5.30. The van der Waals surface area contributed by atoms with Crippen molar-refractivity contribution in [2.75, 3.05) is 7.11 Å². The standard InChI is InChI=1S/C26H23NO2/c1-18-23(24-17-22(26(28)29-2)14-15-25(24)27-18)16-21-12-10-20(11-13-21)9-8-19-6-4-3-5-7-19/h3-15,17,27H,16H2,1-2H3. The lowest BCUT2D eigenvalue weighted by molar-refractivity contribution is 0.0601. The van der Waals surface area contributed by atoms with Crippen molar-refractivity contribution in [1.29, 1.82) is 0 Å². The van der Waals surface area contributed by atoms with Gasteiger partial charge in [0, 0.05) is 16.6 Å². The minimum Gasteiger partial charge on any atom is -0.465 e. The molecule has 1 aromatic heterocycles. The van der Waals surface area contributed by atoms with E-state index in [1.807, 2.05) is 30.3 Å². The van der Waals surface area contributed by atoms with E-state index in [-0.39, 0.29) is 5.97 Å². The van der Waals surface area contributed by atoms with Crippen LogP contribution < -0.4 is 0 Å². The zero-order valence-corrected chi connectivity index (χ0v) is 16.6. The number of aromatic amines is 1. The molecule has 0 aliphatic carbocycles. The molecule has 0 saturated heterocycles. The Morgan fingerprint density at radius 2 is 1.62 bits per heavy atom. The number of hydrogen-bond donors (Lipinski definition) is 1. The first-order chi connectivity index (χ1) is 14.1. The van der Waals surface area contributed by atoms with Gasteiger partial charge in [-0.1, -0.05) is 66.7 Å². The first-order valence-corrected chi connectivity index (χ1v) is 9.65. The first-order valence-electron chi connectivity index (χ1n) is 9.65. The number of fused-ring (bicyclic) bond motifs is 1. The molecule has 1 N–H and O–H groups in total. The number of nitrogens with one attached hydrogen (secondary N) is 1. The number of ether oxygens (including phenoxy) is 1. The molecule has 144 valence electrons. The second kappa shape index (κ2) is 8.19. The lowest BCUT2D eigenvalue weighted by Crippen LogP contribution is -2.00. The van der Waals surface area contributed by atoms with Crippen LogP contribution in [0.15, 0.2) is 72.8 Å². The van der Waals surface area contributed by atoms with Crippen molar-refractivity contribution in [1.82, 2.24) is 4.98 Å². The number of rotatable bonds is 5. The largest absolute Gasteiger partial charge is 0.465 e. The average Bonchev–Trinajstić information content (AvgIpc) is 3.07. The molecule has 0 spiro atoms. The summed E-state index contributed by atoms with van der Waals surface area (Å²) >= 11 is 0. The lowest BCUT2D eigenvalue weighted by Gasteiger charge is -2.05. The lowest BCUT2D eigenvalue weighted by atomic mass is 9.99.